The van der Waals surface area contributed by atoms with Crippen LogP contribution in [0.4, 0.5) is 0 Å². The number of hydrogen-bond donors (Lipinski definition) is 0. The van der Waals surface area contributed by atoms with E-state index in [1.54, 1.807) is 0 Å². The third kappa shape index (κ3) is 2.82. The topological polar surface area (TPSA) is 58.8 Å². The summed E-state index contributed by atoms with van der Waals surface area (Å²) in [5, 5.41) is 0. The Hall–Kier alpha value is -1.40. The molecule has 0 radical (unpaired) electrons. The highest BCUT2D eigenvalue weighted by atomic mass is 16.5. The van der Waals surface area contributed by atoms with Crippen molar-refractivity contribution in [3.63, 3.8) is 0 Å². The first kappa shape index (κ1) is 14.5. The van der Waals surface area contributed by atoms with E-state index in [9.17, 15) is 4.79 Å². The van der Waals surface area contributed by atoms with Crippen molar-refractivity contribution in [2.24, 2.45) is 5.92 Å². The lowest BCUT2D eigenvalue weighted by Gasteiger charge is -2.33. The molecule has 0 aliphatic carbocycles. The fraction of sp³-hybridized carbons (Fsp3) is 0.733. The Morgan fingerprint density at radius 1 is 1.38 bits per heavy atom. The number of amides is 1. The molecule has 0 saturated carbocycles. The fourth-order valence-electron chi connectivity index (χ4n) is 3.35. The van der Waals surface area contributed by atoms with Crippen LogP contribution in [0.1, 0.15) is 30.1 Å². The minimum absolute atomic E-state index is 0.00297. The second-order valence-corrected chi connectivity index (χ2v) is 5.88. The zero-order chi connectivity index (χ0) is 14.8. The molecule has 6 heteroatoms. The number of morpholine rings is 1. The number of hydrogen-bond acceptors (Lipinski definition) is 5. The monoisotopic (exact) mass is 293 g/mol. The zero-order valence-corrected chi connectivity index (χ0v) is 12.7. The normalized spacial score (nSPS) is 27.2. The van der Waals surface area contributed by atoms with Crippen LogP contribution in [0.5, 0.6) is 0 Å². The van der Waals surface area contributed by atoms with Crippen LogP contribution in [-0.2, 0) is 11.2 Å². The highest BCUT2D eigenvalue weighted by Gasteiger charge is 2.37. The number of ether oxygens (including phenoxy) is 1. The Kier molecular flexibility index (Phi) is 4.26. The van der Waals surface area contributed by atoms with Crippen LogP contribution in [0.3, 0.4) is 0 Å². The lowest BCUT2D eigenvalue weighted by Crippen LogP contribution is -2.47. The van der Waals surface area contributed by atoms with Crippen LogP contribution in [0.2, 0.25) is 0 Å². The van der Waals surface area contributed by atoms with Crippen LogP contribution < -0.4 is 0 Å². The summed E-state index contributed by atoms with van der Waals surface area (Å²) in [4.78, 5) is 21.1. The van der Waals surface area contributed by atoms with Crippen molar-refractivity contribution in [1.29, 1.82) is 0 Å². The maximum atomic E-state index is 12.6. The first-order chi connectivity index (χ1) is 10.2. The van der Waals surface area contributed by atoms with Gasteiger partial charge in [-0.2, -0.15) is 0 Å². The molecular formula is C15H23N3O3. The van der Waals surface area contributed by atoms with Crippen molar-refractivity contribution in [2.75, 3.05) is 39.4 Å². The van der Waals surface area contributed by atoms with E-state index in [-0.39, 0.29) is 5.91 Å². The molecule has 1 aromatic heterocycles. The molecule has 2 atom stereocenters. The van der Waals surface area contributed by atoms with Crippen molar-refractivity contribution in [1.82, 2.24) is 14.8 Å². The van der Waals surface area contributed by atoms with Crippen molar-refractivity contribution in [2.45, 2.75) is 26.3 Å². The Morgan fingerprint density at radius 3 is 2.86 bits per heavy atom. The first-order valence-corrected chi connectivity index (χ1v) is 7.74. The highest BCUT2D eigenvalue weighted by Crippen LogP contribution is 2.24. The molecule has 0 spiro atoms. The van der Waals surface area contributed by atoms with Crippen LogP contribution in [-0.4, -0.2) is 66.1 Å². The second-order valence-electron chi connectivity index (χ2n) is 5.88. The summed E-state index contributed by atoms with van der Waals surface area (Å²) in [5.41, 5.74) is 0.479. The number of aromatic nitrogens is 1. The van der Waals surface area contributed by atoms with Gasteiger partial charge in [0, 0.05) is 38.6 Å². The number of carbonyl (C=O) groups excluding carboxylic acids is 1. The summed E-state index contributed by atoms with van der Waals surface area (Å²) in [5.74, 6) is 1.16. The van der Waals surface area contributed by atoms with Crippen molar-refractivity contribution >= 4 is 5.91 Å². The third-order valence-electron chi connectivity index (χ3n) is 4.54. The van der Waals surface area contributed by atoms with Crippen molar-refractivity contribution < 1.29 is 13.9 Å². The van der Waals surface area contributed by atoms with Crippen molar-refractivity contribution in [3.8, 4) is 0 Å². The van der Waals surface area contributed by atoms with Gasteiger partial charge in [0.05, 0.1) is 13.2 Å². The molecule has 21 heavy (non-hydrogen) atoms. The third-order valence-corrected chi connectivity index (χ3v) is 4.54. The average molecular weight is 293 g/mol. The van der Waals surface area contributed by atoms with Gasteiger partial charge in [0.15, 0.2) is 12.1 Å². The number of aryl methyl sites for hydroxylation is 1. The molecule has 1 aromatic rings. The molecule has 1 amide bonds. The minimum atomic E-state index is 0.00297. The van der Waals surface area contributed by atoms with Crippen LogP contribution in [0, 0.1) is 5.92 Å². The van der Waals surface area contributed by atoms with Gasteiger partial charge in [0.2, 0.25) is 0 Å². The van der Waals surface area contributed by atoms with E-state index >= 15 is 0 Å². The number of carbonyl (C=O) groups is 1. The quantitative estimate of drug-likeness (QED) is 0.833. The zero-order valence-electron chi connectivity index (χ0n) is 12.7. The van der Waals surface area contributed by atoms with Crippen molar-refractivity contribution in [3.05, 3.63) is 17.8 Å². The smallest absolute Gasteiger partial charge is 0.276 e. The van der Waals surface area contributed by atoms with E-state index < -0.39 is 0 Å². The van der Waals surface area contributed by atoms with E-state index in [4.69, 9.17) is 9.15 Å². The Morgan fingerprint density at radius 2 is 2.14 bits per heavy atom. The van der Waals surface area contributed by atoms with Gasteiger partial charge < -0.3 is 14.1 Å². The number of rotatable bonds is 3. The molecule has 2 fully saturated rings. The standard InChI is InChI=1S/C15H23N3O3/c1-3-13-14(16-10-21-13)15(19)18-8-11(2)12(9-18)17-4-6-20-7-5-17/h10-12H,3-9H2,1-2H3/t11-,12+/m1/s1. The van der Waals surface area contributed by atoms with E-state index in [2.05, 4.69) is 16.8 Å². The molecule has 2 aliphatic heterocycles. The number of likely N-dealkylation sites (tertiary alicyclic amines) is 1. The number of oxazole rings is 1. The highest BCUT2D eigenvalue weighted by molar-refractivity contribution is 5.93. The molecule has 116 valence electrons. The van der Waals surface area contributed by atoms with Crippen LogP contribution >= 0.6 is 0 Å². The molecule has 6 nitrogen and oxygen atoms in total. The Balaban J connectivity index is 1.69. The molecule has 0 aromatic carbocycles. The molecule has 0 N–H and O–H groups in total. The fourth-order valence-corrected chi connectivity index (χ4v) is 3.35. The van der Waals surface area contributed by atoms with Gasteiger partial charge in [-0.05, 0) is 5.92 Å². The molecule has 3 rings (SSSR count). The van der Waals surface area contributed by atoms with Gasteiger partial charge in [-0.25, -0.2) is 4.98 Å². The van der Waals surface area contributed by atoms with E-state index in [0.29, 0.717) is 29.8 Å². The maximum absolute atomic E-state index is 12.6. The lowest BCUT2D eigenvalue weighted by atomic mass is 10.0. The van der Waals surface area contributed by atoms with E-state index in [1.165, 1.54) is 6.39 Å². The van der Waals surface area contributed by atoms with Gasteiger partial charge in [-0.1, -0.05) is 13.8 Å². The summed E-state index contributed by atoms with van der Waals surface area (Å²) in [6, 6.07) is 0.426. The summed E-state index contributed by atoms with van der Waals surface area (Å²) >= 11 is 0. The van der Waals surface area contributed by atoms with Gasteiger partial charge >= 0.3 is 0 Å². The average Bonchev–Trinajstić information content (AvgIpc) is 3.13. The predicted octanol–water partition coefficient (Wildman–Crippen LogP) is 1.03. The SMILES string of the molecule is CCc1ocnc1C(=O)N1C[C@@H](C)[C@@H](N2CCOCC2)C1. The number of nitrogens with zero attached hydrogens (tertiary/aromatic N) is 3. The second kappa shape index (κ2) is 6.15. The van der Waals surface area contributed by atoms with Crippen LogP contribution in [0.15, 0.2) is 10.8 Å². The molecule has 3 heterocycles. The van der Waals surface area contributed by atoms with Gasteiger partial charge in [0.25, 0.3) is 5.91 Å². The molecule has 0 unspecified atom stereocenters. The van der Waals surface area contributed by atoms with Gasteiger partial charge in [0.1, 0.15) is 5.76 Å². The predicted molar refractivity (Wildman–Crippen MR) is 77.1 cm³/mol. The first-order valence-electron chi connectivity index (χ1n) is 7.74. The Bertz CT molecular complexity index is 496. The largest absolute Gasteiger partial charge is 0.448 e. The molecular weight excluding hydrogens is 270 g/mol. The van der Waals surface area contributed by atoms with Crippen LogP contribution in [0.25, 0.3) is 0 Å². The van der Waals surface area contributed by atoms with E-state index in [0.717, 1.165) is 39.4 Å². The summed E-state index contributed by atoms with van der Waals surface area (Å²) in [6.45, 7) is 9.26. The maximum Gasteiger partial charge on any atom is 0.276 e. The molecule has 0 bridgehead atoms. The van der Waals surface area contributed by atoms with Gasteiger partial charge in [-0.3, -0.25) is 9.69 Å². The Labute approximate surface area is 125 Å². The summed E-state index contributed by atoms with van der Waals surface area (Å²) in [6.07, 6.45) is 2.06. The lowest BCUT2D eigenvalue weighted by molar-refractivity contribution is 0.0119. The minimum Gasteiger partial charge on any atom is -0.448 e. The summed E-state index contributed by atoms with van der Waals surface area (Å²) < 4.78 is 10.7. The van der Waals surface area contributed by atoms with Gasteiger partial charge in [-0.15, -0.1) is 0 Å². The summed E-state index contributed by atoms with van der Waals surface area (Å²) in [7, 11) is 0. The molecule has 2 saturated heterocycles. The van der Waals surface area contributed by atoms with E-state index in [1.807, 2.05) is 11.8 Å². The molecule has 2 aliphatic rings.